The Morgan fingerprint density at radius 1 is 1.00 bits per heavy atom. The third-order valence-electron chi connectivity index (χ3n) is 6.88. The summed E-state index contributed by atoms with van der Waals surface area (Å²) in [4.78, 5) is 29.1. The molecule has 0 aromatic heterocycles. The second kappa shape index (κ2) is 11.4. The van der Waals surface area contributed by atoms with Crippen molar-refractivity contribution in [2.45, 2.75) is 90.0 Å². The van der Waals surface area contributed by atoms with E-state index in [1.54, 1.807) is 11.0 Å². The first-order valence-corrected chi connectivity index (χ1v) is 12.9. The molecule has 1 amide bonds. The van der Waals surface area contributed by atoms with Crippen LogP contribution in [0, 0.1) is 0 Å². The molecule has 1 saturated heterocycles. The monoisotopic (exact) mass is 512 g/mol. The summed E-state index contributed by atoms with van der Waals surface area (Å²) in [6, 6.07) is 4.06. The molecule has 9 heteroatoms. The topological polar surface area (TPSA) is 59.1 Å². The zero-order valence-electron chi connectivity index (χ0n) is 21.9. The summed E-state index contributed by atoms with van der Waals surface area (Å²) in [5.74, 6) is -0.412. The molecule has 0 spiro atoms. The molecule has 3 rings (SSSR count). The van der Waals surface area contributed by atoms with Crippen molar-refractivity contribution in [1.82, 2.24) is 9.80 Å². The number of carbonyl (C=O) groups excluding carboxylic acids is 2. The van der Waals surface area contributed by atoms with Crippen molar-refractivity contribution in [2.75, 3.05) is 32.8 Å². The molecule has 2 fully saturated rings. The summed E-state index contributed by atoms with van der Waals surface area (Å²) in [6.07, 6.45) is -0.761. The minimum Gasteiger partial charge on any atom is -0.465 e. The summed E-state index contributed by atoms with van der Waals surface area (Å²) < 4.78 is 52.6. The number of rotatable bonds is 7. The Balaban J connectivity index is 1.79. The van der Waals surface area contributed by atoms with Gasteiger partial charge in [0.2, 0.25) is 0 Å². The van der Waals surface area contributed by atoms with Gasteiger partial charge < -0.3 is 14.4 Å². The van der Waals surface area contributed by atoms with Gasteiger partial charge in [-0.25, -0.2) is 4.79 Å². The van der Waals surface area contributed by atoms with E-state index in [4.69, 9.17) is 9.47 Å². The van der Waals surface area contributed by atoms with Crippen LogP contribution in [0.5, 0.6) is 0 Å². The number of nitrogens with zero attached hydrogens (tertiary/aromatic N) is 2. The highest BCUT2D eigenvalue weighted by molar-refractivity contribution is 5.84. The molecular formula is C27H39F3N2O4. The van der Waals surface area contributed by atoms with Gasteiger partial charge in [-0.15, -0.1) is 0 Å². The number of amides is 1. The van der Waals surface area contributed by atoms with E-state index < -0.39 is 28.7 Å². The smallest absolute Gasteiger partial charge is 0.416 e. The molecule has 0 unspecified atom stereocenters. The van der Waals surface area contributed by atoms with E-state index in [1.165, 1.54) is 6.07 Å². The molecule has 36 heavy (non-hydrogen) atoms. The number of hydrogen-bond donors (Lipinski definition) is 0. The van der Waals surface area contributed by atoms with Crippen LogP contribution in [0.3, 0.4) is 0 Å². The molecule has 0 atom stereocenters. The van der Waals surface area contributed by atoms with Gasteiger partial charge in [-0.1, -0.05) is 32.3 Å². The lowest BCUT2D eigenvalue weighted by atomic mass is 9.77. The lowest BCUT2D eigenvalue weighted by Crippen LogP contribution is -2.49. The van der Waals surface area contributed by atoms with Crippen molar-refractivity contribution < 1.29 is 32.2 Å². The van der Waals surface area contributed by atoms with Crippen LogP contribution >= 0.6 is 0 Å². The van der Waals surface area contributed by atoms with Crippen molar-refractivity contribution in [3.8, 4) is 0 Å². The van der Waals surface area contributed by atoms with Gasteiger partial charge in [-0.05, 0) is 63.3 Å². The number of esters is 1. The van der Waals surface area contributed by atoms with E-state index in [2.05, 4.69) is 0 Å². The first-order valence-electron chi connectivity index (χ1n) is 12.9. The summed E-state index contributed by atoms with van der Waals surface area (Å²) in [7, 11) is 0. The molecule has 6 nitrogen and oxygen atoms in total. The fraction of sp³-hybridized carbons (Fsp3) is 0.704. The number of unbranched alkanes of at least 4 members (excludes halogenated alkanes) is 1. The molecule has 0 N–H and O–H groups in total. The van der Waals surface area contributed by atoms with Crippen LogP contribution in [0.15, 0.2) is 18.2 Å². The maximum atomic E-state index is 13.9. The number of halogens is 3. The average Bonchev–Trinajstić information content (AvgIpc) is 3.29. The van der Waals surface area contributed by atoms with E-state index >= 15 is 0 Å². The van der Waals surface area contributed by atoms with Gasteiger partial charge in [0.25, 0.3) is 0 Å². The highest BCUT2D eigenvalue weighted by Gasteiger charge is 2.45. The van der Waals surface area contributed by atoms with Gasteiger partial charge in [0.1, 0.15) is 5.60 Å². The zero-order chi connectivity index (χ0) is 26.6. The fourth-order valence-electron chi connectivity index (χ4n) is 4.93. The van der Waals surface area contributed by atoms with Gasteiger partial charge in [0.15, 0.2) is 0 Å². The Morgan fingerprint density at radius 3 is 2.19 bits per heavy atom. The maximum absolute atomic E-state index is 13.9. The van der Waals surface area contributed by atoms with Gasteiger partial charge >= 0.3 is 18.2 Å². The molecule has 1 aliphatic heterocycles. The number of benzene rings is 1. The van der Waals surface area contributed by atoms with Crippen molar-refractivity contribution in [3.63, 3.8) is 0 Å². The average molecular weight is 513 g/mol. The van der Waals surface area contributed by atoms with Crippen LogP contribution < -0.4 is 0 Å². The van der Waals surface area contributed by atoms with Gasteiger partial charge in [0, 0.05) is 32.7 Å². The van der Waals surface area contributed by atoms with Gasteiger partial charge in [-0.2, -0.15) is 13.2 Å². The molecule has 1 aliphatic carbocycles. The van der Waals surface area contributed by atoms with Crippen LogP contribution in [0.2, 0.25) is 0 Å². The molecule has 0 bridgehead atoms. The first-order chi connectivity index (χ1) is 16.8. The Kier molecular flexibility index (Phi) is 8.96. The van der Waals surface area contributed by atoms with E-state index in [-0.39, 0.29) is 12.7 Å². The molecule has 2 aliphatic rings. The van der Waals surface area contributed by atoms with E-state index in [9.17, 15) is 22.8 Å². The predicted molar refractivity (Wildman–Crippen MR) is 131 cm³/mol. The van der Waals surface area contributed by atoms with Crippen molar-refractivity contribution >= 4 is 12.1 Å². The standard InChI is InChI=1S/C27H39F3N2O4/c1-5-6-15-35-23(33)26(9-7-8-10-26)21-16-20(17-22(18-21)27(28,29)30)19-31-11-13-32(14-12-31)24(34)36-25(2,3)4/h16-18H,5-15,19H2,1-4H3. The van der Waals surface area contributed by atoms with Crippen molar-refractivity contribution in [3.05, 3.63) is 34.9 Å². The second-order valence-electron chi connectivity index (χ2n) is 10.9. The maximum Gasteiger partial charge on any atom is 0.416 e. The Bertz CT molecular complexity index is 913. The Morgan fingerprint density at radius 2 is 1.64 bits per heavy atom. The molecule has 202 valence electrons. The fourth-order valence-corrected chi connectivity index (χ4v) is 4.93. The Labute approximate surface area is 212 Å². The highest BCUT2D eigenvalue weighted by atomic mass is 19.4. The van der Waals surface area contributed by atoms with Crippen molar-refractivity contribution in [1.29, 1.82) is 0 Å². The third-order valence-corrected chi connectivity index (χ3v) is 6.88. The largest absolute Gasteiger partial charge is 0.465 e. The van der Waals surface area contributed by atoms with Crippen LogP contribution in [0.4, 0.5) is 18.0 Å². The molecule has 1 saturated carbocycles. The zero-order valence-corrected chi connectivity index (χ0v) is 21.9. The van der Waals surface area contributed by atoms with E-state index in [0.717, 1.165) is 31.7 Å². The summed E-state index contributed by atoms with van der Waals surface area (Å²) in [5.41, 5.74) is -1.44. The molecule has 0 radical (unpaired) electrons. The number of ether oxygens (including phenoxy) is 2. The lowest BCUT2D eigenvalue weighted by molar-refractivity contribution is -0.151. The molecule has 1 heterocycles. The summed E-state index contributed by atoms with van der Waals surface area (Å²) in [6.45, 7) is 9.93. The van der Waals surface area contributed by atoms with Gasteiger partial charge in [-0.3, -0.25) is 9.69 Å². The lowest BCUT2D eigenvalue weighted by Gasteiger charge is -2.36. The Hall–Kier alpha value is -2.29. The third kappa shape index (κ3) is 7.14. The van der Waals surface area contributed by atoms with Crippen LogP contribution in [0.1, 0.15) is 82.9 Å². The molecular weight excluding hydrogens is 473 g/mol. The SMILES string of the molecule is CCCCOC(=O)C1(c2cc(CN3CCN(C(=O)OC(C)(C)C)CC3)cc(C(F)(F)F)c2)CCCC1. The van der Waals surface area contributed by atoms with Crippen molar-refractivity contribution in [2.24, 2.45) is 0 Å². The molecule has 1 aromatic carbocycles. The second-order valence-corrected chi connectivity index (χ2v) is 10.9. The minimum absolute atomic E-state index is 0.283. The van der Waals surface area contributed by atoms with Crippen LogP contribution in [-0.4, -0.2) is 60.2 Å². The quantitative estimate of drug-likeness (QED) is 0.336. The first kappa shape index (κ1) is 28.3. The molecule has 1 aromatic rings. The number of piperazine rings is 1. The summed E-state index contributed by atoms with van der Waals surface area (Å²) >= 11 is 0. The normalized spacial score (nSPS) is 18.8. The highest BCUT2D eigenvalue weighted by Crippen LogP contribution is 2.44. The number of carbonyl (C=O) groups is 2. The van der Waals surface area contributed by atoms with Crippen LogP contribution in [-0.2, 0) is 32.4 Å². The van der Waals surface area contributed by atoms with Crippen LogP contribution in [0.25, 0.3) is 0 Å². The minimum atomic E-state index is -4.52. The summed E-state index contributed by atoms with van der Waals surface area (Å²) in [5, 5.41) is 0. The van der Waals surface area contributed by atoms with Gasteiger partial charge in [0.05, 0.1) is 17.6 Å². The number of hydrogen-bond acceptors (Lipinski definition) is 5. The van der Waals surface area contributed by atoms with E-state index in [1.807, 2.05) is 32.6 Å². The number of alkyl halides is 3. The predicted octanol–water partition coefficient (Wildman–Crippen LogP) is 5.91. The van der Waals surface area contributed by atoms with E-state index in [0.29, 0.717) is 56.7 Å².